The van der Waals surface area contributed by atoms with E-state index in [0.29, 0.717) is 67.8 Å². The number of amides is 2. The van der Waals surface area contributed by atoms with Gasteiger partial charge in [0.05, 0.1) is 41.4 Å². The lowest BCUT2D eigenvalue weighted by Gasteiger charge is -2.17. The minimum Gasteiger partial charge on any atom is -0.497 e. The molecule has 1 N–H and O–H groups in total. The number of benzene rings is 2. The predicted molar refractivity (Wildman–Crippen MR) is 149 cm³/mol. The minimum atomic E-state index is -0.406. The molecule has 2 aromatic carbocycles. The maximum absolute atomic E-state index is 13.7. The molecule has 0 aliphatic rings. The number of carbonyl (C=O) groups excluding carboxylic acids is 2. The number of hydrogen-bond donors (Lipinski definition) is 1. The predicted octanol–water partition coefficient (Wildman–Crippen LogP) is 5.89. The summed E-state index contributed by atoms with van der Waals surface area (Å²) in [7, 11) is 3.14. The third-order valence-electron chi connectivity index (χ3n) is 6.38. The lowest BCUT2D eigenvalue weighted by molar-refractivity contribution is 0.0777. The van der Waals surface area contributed by atoms with E-state index >= 15 is 0 Å². The first-order valence-corrected chi connectivity index (χ1v) is 12.9. The van der Waals surface area contributed by atoms with Crippen molar-refractivity contribution in [2.24, 2.45) is 0 Å². The molecule has 194 valence electrons. The van der Waals surface area contributed by atoms with Crippen molar-refractivity contribution in [2.75, 3.05) is 32.6 Å². The average molecular weight is 529 g/mol. The number of carbonyl (C=O) groups is 2. The molecule has 0 unspecified atom stereocenters. The van der Waals surface area contributed by atoms with Gasteiger partial charge in [0, 0.05) is 30.1 Å². The molecule has 0 bridgehead atoms. The first-order chi connectivity index (χ1) is 18.4. The minimum absolute atomic E-state index is 0.155. The van der Waals surface area contributed by atoms with Crippen molar-refractivity contribution < 1.29 is 19.1 Å². The van der Waals surface area contributed by atoms with Crippen LogP contribution in [0.25, 0.3) is 22.2 Å². The van der Waals surface area contributed by atoms with Crippen LogP contribution in [0, 0.1) is 18.3 Å². The highest BCUT2D eigenvalue weighted by Crippen LogP contribution is 2.36. The van der Waals surface area contributed by atoms with Gasteiger partial charge in [-0.25, -0.2) is 4.98 Å². The molecule has 8 nitrogen and oxygen atoms in total. The molecule has 0 radical (unpaired) electrons. The first-order valence-electron chi connectivity index (χ1n) is 12.1. The third kappa shape index (κ3) is 4.91. The van der Waals surface area contributed by atoms with Gasteiger partial charge >= 0.3 is 0 Å². The van der Waals surface area contributed by atoms with Crippen LogP contribution >= 0.6 is 11.3 Å². The van der Waals surface area contributed by atoms with Gasteiger partial charge in [0.25, 0.3) is 11.8 Å². The average Bonchev–Trinajstić information content (AvgIpc) is 3.26. The topological polar surface area (TPSA) is 105 Å². The molecule has 0 aliphatic heterocycles. The molecule has 0 spiro atoms. The SMILES string of the molecule is CCN(CC)C(=O)c1sc(NC(=O)c2cc(-c3ccc(OC)cc3OC)nc3ccccc23)c(C#N)c1C. The summed E-state index contributed by atoms with van der Waals surface area (Å²) in [6, 6.07) is 16.6. The Morgan fingerprint density at radius 2 is 1.82 bits per heavy atom. The zero-order valence-electron chi connectivity index (χ0n) is 21.9. The summed E-state index contributed by atoms with van der Waals surface area (Å²) in [4.78, 5) is 33.6. The van der Waals surface area contributed by atoms with E-state index in [9.17, 15) is 14.9 Å². The van der Waals surface area contributed by atoms with Crippen molar-refractivity contribution in [1.82, 2.24) is 9.88 Å². The highest BCUT2D eigenvalue weighted by molar-refractivity contribution is 7.18. The Balaban J connectivity index is 1.80. The molecule has 2 aromatic heterocycles. The van der Waals surface area contributed by atoms with Gasteiger partial charge in [0.2, 0.25) is 0 Å². The highest BCUT2D eigenvalue weighted by atomic mass is 32.1. The number of hydrogen-bond acceptors (Lipinski definition) is 7. The molecule has 0 saturated heterocycles. The van der Waals surface area contributed by atoms with E-state index in [0.717, 1.165) is 11.3 Å². The van der Waals surface area contributed by atoms with Gasteiger partial charge in [-0.3, -0.25) is 9.59 Å². The van der Waals surface area contributed by atoms with E-state index in [1.807, 2.05) is 44.2 Å². The van der Waals surface area contributed by atoms with Gasteiger partial charge in [0.1, 0.15) is 22.6 Å². The Morgan fingerprint density at radius 1 is 1.08 bits per heavy atom. The molecule has 0 fully saturated rings. The zero-order chi connectivity index (χ0) is 27.4. The second kappa shape index (κ2) is 11.3. The van der Waals surface area contributed by atoms with Gasteiger partial charge < -0.3 is 19.7 Å². The smallest absolute Gasteiger partial charge is 0.264 e. The standard InChI is InChI=1S/C29H28N4O4S/c1-6-33(7-2)29(35)26-17(3)22(16-30)28(38-26)32-27(34)21-15-24(31-23-11-9-8-10-19(21)23)20-13-12-18(36-4)14-25(20)37-5/h8-15H,6-7H2,1-5H3,(H,32,34). The summed E-state index contributed by atoms with van der Waals surface area (Å²) < 4.78 is 10.9. The van der Waals surface area contributed by atoms with Crippen LogP contribution in [0.5, 0.6) is 11.5 Å². The number of anilines is 1. The molecule has 2 amide bonds. The number of pyridine rings is 1. The number of nitrogens with one attached hydrogen (secondary N) is 1. The molecule has 9 heteroatoms. The Kier molecular flexibility index (Phi) is 7.93. The van der Waals surface area contributed by atoms with E-state index in [1.54, 1.807) is 44.2 Å². The number of para-hydroxylation sites is 1. The summed E-state index contributed by atoms with van der Waals surface area (Å²) >= 11 is 1.12. The van der Waals surface area contributed by atoms with E-state index in [-0.39, 0.29) is 11.5 Å². The van der Waals surface area contributed by atoms with E-state index < -0.39 is 5.91 Å². The number of nitriles is 1. The number of ether oxygens (including phenoxy) is 2. The largest absolute Gasteiger partial charge is 0.497 e. The van der Waals surface area contributed by atoms with Crippen molar-refractivity contribution in [2.45, 2.75) is 20.8 Å². The van der Waals surface area contributed by atoms with Crippen LogP contribution in [0.3, 0.4) is 0 Å². The van der Waals surface area contributed by atoms with E-state index in [4.69, 9.17) is 14.5 Å². The molecule has 0 saturated carbocycles. The number of nitrogens with zero attached hydrogens (tertiary/aromatic N) is 3. The third-order valence-corrected chi connectivity index (χ3v) is 7.57. The maximum atomic E-state index is 13.7. The molecule has 4 rings (SSSR count). The van der Waals surface area contributed by atoms with Crippen molar-refractivity contribution in [1.29, 1.82) is 5.26 Å². The fourth-order valence-corrected chi connectivity index (χ4v) is 5.40. The number of aromatic nitrogens is 1. The number of fused-ring (bicyclic) bond motifs is 1. The van der Waals surface area contributed by atoms with Gasteiger partial charge in [0.15, 0.2) is 0 Å². The van der Waals surface area contributed by atoms with Crippen LogP contribution in [-0.4, -0.2) is 49.0 Å². The highest BCUT2D eigenvalue weighted by Gasteiger charge is 2.25. The fraction of sp³-hybridized carbons (Fsp3) is 0.241. The Bertz CT molecular complexity index is 1570. The second-order valence-electron chi connectivity index (χ2n) is 8.44. The van der Waals surface area contributed by atoms with Crippen LogP contribution in [0.2, 0.25) is 0 Å². The van der Waals surface area contributed by atoms with Crippen molar-refractivity contribution in [3.63, 3.8) is 0 Å². The monoisotopic (exact) mass is 528 g/mol. The van der Waals surface area contributed by atoms with Crippen LogP contribution < -0.4 is 14.8 Å². The fourth-order valence-electron chi connectivity index (χ4n) is 4.28. The van der Waals surface area contributed by atoms with Gasteiger partial charge in [-0.2, -0.15) is 5.26 Å². The van der Waals surface area contributed by atoms with Crippen LogP contribution in [0.1, 0.15) is 45.0 Å². The van der Waals surface area contributed by atoms with Crippen LogP contribution in [0.4, 0.5) is 5.00 Å². The van der Waals surface area contributed by atoms with E-state index in [2.05, 4.69) is 11.4 Å². The first kappa shape index (κ1) is 26.6. The Labute approximate surface area is 225 Å². The van der Waals surface area contributed by atoms with Gasteiger partial charge in [-0.05, 0) is 50.6 Å². The molecule has 4 aromatic rings. The molecule has 38 heavy (non-hydrogen) atoms. The summed E-state index contributed by atoms with van der Waals surface area (Å²) in [6.45, 7) is 6.65. The summed E-state index contributed by atoms with van der Waals surface area (Å²) in [5, 5.41) is 13.7. The lowest BCUT2D eigenvalue weighted by Crippen LogP contribution is -2.30. The van der Waals surface area contributed by atoms with Gasteiger partial charge in [-0.15, -0.1) is 11.3 Å². The zero-order valence-corrected chi connectivity index (χ0v) is 22.7. The lowest BCUT2D eigenvalue weighted by atomic mass is 10.0. The van der Waals surface area contributed by atoms with E-state index in [1.165, 1.54) is 0 Å². The Morgan fingerprint density at radius 3 is 2.47 bits per heavy atom. The summed E-state index contributed by atoms with van der Waals surface area (Å²) in [6.07, 6.45) is 0. The quantitative estimate of drug-likeness (QED) is 0.306. The van der Waals surface area contributed by atoms with Crippen LogP contribution in [0.15, 0.2) is 48.5 Å². The number of methoxy groups -OCH3 is 2. The van der Waals surface area contributed by atoms with Crippen molar-refractivity contribution in [3.8, 4) is 28.8 Å². The van der Waals surface area contributed by atoms with Crippen LogP contribution in [-0.2, 0) is 0 Å². The number of thiophene rings is 1. The van der Waals surface area contributed by atoms with Crippen molar-refractivity contribution >= 4 is 39.1 Å². The normalized spacial score (nSPS) is 10.6. The summed E-state index contributed by atoms with van der Waals surface area (Å²) in [5.41, 5.74) is 3.11. The molecular weight excluding hydrogens is 500 g/mol. The molecule has 2 heterocycles. The second-order valence-corrected chi connectivity index (χ2v) is 9.46. The van der Waals surface area contributed by atoms with Gasteiger partial charge in [-0.1, -0.05) is 18.2 Å². The maximum Gasteiger partial charge on any atom is 0.264 e. The van der Waals surface area contributed by atoms with Crippen molar-refractivity contribution in [3.05, 3.63) is 70.1 Å². The molecule has 0 aliphatic carbocycles. The Hall–Kier alpha value is -4.42. The molecular formula is C29H28N4O4S. The summed E-state index contributed by atoms with van der Waals surface area (Å²) in [5.74, 6) is 0.630. The number of rotatable bonds is 8. The molecule has 0 atom stereocenters.